The highest BCUT2D eigenvalue weighted by Gasteiger charge is 2.23. The second kappa shape index (κ2) is 6.11. The summed E-state index contributed by atoms with van der Waals surface area (Å²) in [4.78, 5) is 0. The van der Waals surface area contributed by atoms with Crippen LogP contribution in [0.2, 0.25) is 19.6 Å². The highest BCUT2D eigenvalue weighted by molar-refractivity contribution is 6.83. The van der Waals surface area contributed by atoms with Gasteiger partial charge in [-0.1, -0.05) is 31.6 Å². The van der Waals surface area contributed by atoms with Gasteiger partial charge in [0.1, 0.15) is 13.7 Å². The molecular formula is C12H22O2Si. The molecule has 0 fully saturated rings. The Hall–Kier alpha value is -0.563. The van der Waals surface area contributed by atoms with E-state index in [1.165, 1.54) is 0 Å². The highest BCUT2D eigenvalue weighted by atomic mass is 28.3. The topological polar surface area (TPSA) is 29.5 Å². The fourth-order valence-electron chi connectivity index (χ4n) is 1.05. The lowest BCUT2D eigenvalue weighted by atomic mass is 10.00. The summed E-state index contributed by atoms with van der Waals surface area (Å²) in [6.07, 6.45) is 3.12. The van der Waals surface area contributed by atoms with E-state index in [-0.39, 0.29) is 6.61 Å². The molecule has 2 nitrogen and oxygen atoms in total. The summed E-state index contributed by atoms with van der Waals surface area (Å²) in [6, 6.07) is 0. The molecule has 1 atom stereocenters. The van der Waals surface area contributed by atoms with E-state index in [1.807, 2.05) is 0 Å². The normalized spacial score (nSPS) is 15.0. The SMILES string of the molecule is C=CCC[C@@](O)(C#C[Si](C)(C)C)COC. The van der Waals surface area contributed by atoms with E-state index >= 15 is 0 Å². The van der Waals surface area contributed by atoms with Crippen molar-refractivity contribution in [1.82, 2.24) is 0 Å². The first-order valence-corrected chi connectivity index (χ1v) is 8.69. The molecule has 0 saturated carbocycles. The van der Waals surface area contributed by atoms with Crippen molar-refractivity contribution in [2.24, 2.45) is 0 Å². The zero-order chi connectivity index (χ0) is 11.9. The Morgan fingerprint density at radius 1 is 1.47 bits per heavy atom. The standard InChI is InChI=1S/C12H22O2Si/c1-6-7-8-12(13,11-14-2)9-10-15(3,4)5/h6,13H,1,7-8,11H2,2-5H3/t12-/m1/s1. The van der Waals surface area contributed by atoms with Crippen molar-refractivity contribution < 1.29 is 9.84 Å². The van der Waals surface area contributed by atoms with Crippen LogP contribution in [0.4, 0.5) is 0 Å². The summed E-state index contributed by atoms with van der Waals surface area (Å²) in [5.74, 6) is 2.97. The molecule has 15 heavy (non-hydrogen) atoms. The fourth-order valence-corrected chi connectivity index (χ4v) is 1.66. The molecule has 0 aromatic heterocycles. The second-order valence-corrected chi connectivity index (χ2v) is 9.54. The van der Waals surface area contributed by atoms with E-state index in [0.717, 1.165) is 6.42 Å². The van der Waals surface area contributed by atoms with E-state index in [2.05, 4.69) is 37.7 Å². The van der Waals surface area contributed by atoms with Gasteiger partial charge in [-0.2, -0.15) is 0 Å². The first-order valence-electron chi connectivity index (χ1n) is 5.19. The summed E-state index contributed by atoms with van der Waals surface area (Å²) in [7, 11) is 0.141. The van der Waals surface area contributed by atoms with Crippen molar-refractivity contribution in [3.05, 3.63) is 12.7 Å². The van der Waals surface area contributed by atoms with Crippen molar-refractivity contribution >= 4 is 8.07 Å². The molecule has 0 aromatic rings. The Kier molecular flexibility index (Phi) is 5.88. The molecule has 0 saturated heterocycles. The lowest BCUT2D eigenvalue weighted by Crippen LogP contribution is -2.33. The zero-order valence-corrected chi connectivity index (χ0v) is 11.3. The number of hydrogen-bond acceptors (Lipinski definition) is 2. The van der Waals surface area contributed by atoms with Crippen LogP contribution in [-0.2, 0) is 4.74 Å². The molecule has 0 aliphatic heterocycles. The molecule has 0 radical (unpaired) electrons. The average Bonchev–Trinajstić information content (AvgIpc) is 2.12. The second-order valence-electron chi connectivity index (χ2n) is 4.79. The number of methoxy groups -OCH3 is 1. The van der Waals surface area contributed by atoms with Gasteiger partial charge in [-0.3, -0.25) is 0 Å². The summed E-state index contributed by atoms with van der Waals surface area (Å²) in [5.41, 5.74) is 2.17. The van der Waals surface area contributed by atoms with E-state index in [1.54, 1.807) is 13.2 Å². The van der Waals surface area contributed by atoms with E-state index in [4.69, 9.17) is 4.74 Å². The van der Waals surface area contributed by atoms with Crippen LogP contribution >= 0.6 is 0 Å². The minimum atomic E-state index is -1.44. The van der Waals surface area contributed by atoms with Gasteiger partial charge in [-0.15, -0.1) is 12.1 Å². The van der Waals surface area contributed by atoms with Crippen LogP contribution in [0.1, 0.15) is 12.8 Å². The largest absolute Gasteiger partial charge is 0.381 e. The first kappa shape index (κ1) is 14.4. The molecular weight excluding hydrogens is 204 g/mol. The van der Waals surface area contributed by atoms with Crippen LogP contribution in [0, 0.1) is 11.5 Å². The van der Waals surface area contributed by atoms with Crippen LogP contribution in [0.5, 0.6) is 0 Å². The number of rotatable bonds is 5. The van der Waals surface area contributed by atoms with Crippen molar-refractivity contribution in [2.45, 2.75) is 38.1 Å². The Labute approximate surface area is 94.4 Å². The molecule has 0 aliphatic rings. The van der Waals surface area contributed by atoms with Crippen LogP contribution in [0.3, 0.4) is 0 Å². The van der Waals surface area contributed by atoms with E-state index in [9.17, 15) is 5.11 Å². The van der Waals surface area contributed by atoms with Gasteiger partial charge in [-0.05, 0) is 12.8 Å². The summed E-state index contributed by atoms with van der Waals surface area (Å²) >= 11 is 0. The maximum atomic E-state index is 10.2. The number of hydrogen-bond donors (Lipinski definition) is 1. The molecule has 0 unspecified atom stereocenters. The smallest absolute Gasteiger partial charge is 0.148 e. The zero-order valence-electron chi connectivity index (χ0n) is 10.3. The minimum Gasteiger partial charge on any atom is -0.381 e. The highest BCUT2D eigenvalue weighted by Crippen LogP contribution is 2.13. The molecule has 0 amide bonds. The number of aliphatic hydroxyl groups is 1. The third kappa shape index (κ3) is 7.38. The molecule has 0 heterocycles. The Balaban J connectivity index is 4.60. The van der Waals surface area contributed by atoms with Crippen LogP contribution < -0.4 is 0 Å². The van der Waals surface area contributed by atoms with Crippen LogP contribution in [-0.4, -0.2) is 32.5 Å². The molecule has 3 heteroatoms. The van der Waals surface area contributed by atoms with Crippen LogP contribution in [0.25, 0.3) is 0 Å². The predicted octanol–water partition coefficient (Wildman–Crippen LogP) is 2.21. The van der Waals surface area contributed by atoms with Gasteiger partial charge >= 0.3 is 0 Å². The van der Waals surface area contributed by atoms with Crippen molar-refractivity contribution in [3.8, 4) is 11.5 Å². The quantitative estimate of drug-likeness (QED) is 0.442. The van der Waals surface area contributed by atoms with Gasteiger partial charge in [0, 0.05) is 7.11 Å². The lowest BCUT2D eigenvalue weighted by molar-refractivity contribution is 0.00843. The molecule has 1 N–H and O–H groups in total. The van der Waals surface area contributed by atoms with Crippen LogP contribution in [0.15, 0.2) is 12.7 Å². The maximum absolute atomic E-state index is 10.2. The Morgan fingerprint density at radius 3 is 2.47 bits per heavy atom. The third-order valence-corrected chi connectivity index (χ3v) is 2.69. The summed E-state index contributed by atoms with van der Waals surface area (Å²) < 4.78 is 5.00. The minimum absolute atomic E-state index is 0.262. The van der Waals surface area contributed by atoms with Gasteiger partial charge in [0.2, 0.25) is 0 Å². The number of ether oxygens (including phenoxy) is 1. The van der Waals surface area contributed by atoms with Crippen molar-refractivity contribution in [1.29, 1.82) is 0 Å². The van der Waals surface area contributed by atoms with Crippen molar-refractivity contribution in [2.75, 3.05) is 13.7 Å². The average molecular weight is 226 g/mol. The van der Waals surface area contributed by atoms with Gasteiger partial charge < -0.3 is 9.84 Å². The van der Waals surface area contributed by atoms with Gasteiger partial charge in [-0.25, -0.2) is 0 Å². The molecule has 0 aliphatic carbocycles. The Bertz CT molecular complexity index is 257. The van der Waals surface area contributed by atoms with E-state index < -0.39 is 13.7 Å². The Morgan fingerprint density at radius 2 is 2.07 bits per heavy atom. The first-order chi connectivity index (χ1) is 6.83. The fraction of sp³-hybridized carbons (Fsp3) is 0.667. The number of allylic oxidation sites excluding steroid dienone is 1. The molecule has 0 spiro atoms. The maximum Gasteiger partial charge on any atom is 0.148 e. The van der Waals surface area contributed by atoms with Gasteiger partial charge in [0.15, 0.2) is 0 Å². The third-order valence-electron chi connectivity index (χ3n) is 1.82. The molecule has 86 valence electrons. The lowest BCUT2D eigenvalue weighted by Gasteiger charge is -2.21. The van der Waals surface area contributed by atoms with Crippen molar-refractivity contribution in [3.63, 3.8) is 0 Å². The van der Waals surface area contributed by atoms with E-state index in [0.29, 0.717) is 6.42 Å². The molecule has 0 aromatic carbocycles. The van der Waals surface area contributed by atoms with Gasteiger partial charge in [0.05, 0.1) is 6.61 Å². The summed E-state index contributed by atoms with van der Waals surface area (Å²) in [6.45, 7) is 10.4. The monoisotopic (exact) mass is 226 g/mol. The van der Waals surface area contributed by atoms with Gasteiger partial charge in [0.25, 0.3) is 0 Å². The predicted molar refractivity (Wildman–Crippen MR) is 67.4 cm³/mol. The summed E-state index contributed by atoms with van der Waals surface area (Å²) in [5, 5.41) is 10.2. The molecule has 0 rings (SSSR count). The molecule has 0 bridgehead atoms.